The first-order chi connectivity index (χ1) is 5.09. The van der Waals surface area contributed by atoms with E-state index < -0.39 is 11.2 Å². The molecule has 6 heteroatoms. The van der Waals surface area contributed by atoms with Gasteiger partial charge in [0, 0.05) is 13.1 Å². The molecule has 0 aromatic carbocycles. The summed E-state index contributed by atoms with van der Waals surface area (Å²) < 4.78 is 0. The maximum atomic E-state index is 9.62. The van der Waals surface area contributed by atoms with Gasteiger partial charge >= 0.3 is 5.97 Å². The quantitative estimate of drug-likeness (QED) is 0.239. The lowest BCUT2D eigenvalue weighted by Crippen LogP contribution is -2.13. The lowest BCUT2D eigenvalue weighted by molar-refractivity contribution is -0.137. The Labute approximate surface area is 70.2 Å². The zero-order chi connectivity index (χ0) is 9.28. The summed E-state index contributed by atoms with van der Waals surface area (Å²) in [5.74, 6) is -1.21. The average Bonchev–Trinajstić information content (AvgIpc) is 2.03. The third kappa shape index (κ3) is 12.6. The lowest BCUT2D eigenvalue weighted by atomic mass is 10.5. The van der Waals surface area contributed by atoms with Crippen LogP contribution in [0.25, 0.3) is 0 Å². The van der Waals surface area contributed by atoms with Gasteiger partial charge in [0.25, 0.3) is 0 Å². The second-order valence-electron chi connectivity index (χ2n) is 1.50. The van der Waals surface area contributed by atoms with E-state index in [9.17, 15) is 9.59 Å². The Bertz CT molecular complexity index is 118. The van der Waals surface area contributed by atoms with E-state index in [2.05, 4.69) is 12.6 Å². The molecule has 0 amide bonds. The van der Waals surface area contributed by atoms with Crippen molar-refractivity contribution in [3.05, 3.63) is 0 Å². The fraction of sp³-hybridized carbons (Fsp3) is 0.600. The Morgan fingerprint density at radius 1 is 1.55 bits per heavy atom. The fourth-order valence-electron chi connectivity index (χ4n) is 0.0582. The molecule has 0 aliphatic heterocycles. The predicted octanol–water partition coefficient (Wildman–Crippen LogP) is -1.53. The Kier molecular flexibility index (Phi) is 11.1. The van der Waals surface area contributed by atoms with Crippen molar-refractivity contribution < 1.29 is 14.7 Å². The monoisotopic (exact) mass is 180 g/mol. The van der Waals surface area contributed by atoms with Gasteiger partial charge in [-0.3, -0.25) is 4.79 Å². The van der Waals surface area contributed by atoms with Crippen molar-refractivity contribution in [3.63, 3.8) is 0 Å². The van der Waals surface area contributed by atoms with E-state index in [0.29, 0.717) is 13.1 Å². The van der Waals surface area contributed by atoms with Crippen molar-refractivity contribution in [1.29, 1.82) is 0 Å². The summed E-state index contributed by atoms with van der Waals surface area (Å²) in [5, 5.41) is 6.71. The number of aldehydes is 1. The minimum atomic E-state index is -1.21. The summed E-state index contributed by atoms with van der Waals surface area (Å²) in [4.78, 5) is 19.1. The molecular weight excluding hydrogens is 168 g/mol. The highest BCUT2D eigenvalue weighted by Gasteiger charge is 2.07. The first-order valence-corrected chi connectivity index (χ1v) is 3.38. The molecule has 0 rings (SSSR count). The molecule has 1 atom stereocenters. The summed E-state index contributed by atoms with van der Waals surface area (Å²) in [5.41, 5.74) is 9.81. The van der Waals surface area contributed by atoms with Crippen LogP contribution in [0.1, 0.15) is 0 Å². The number of carboxylic acids is 1. The minimum Gasteiger partial charge on any atom is -0.480 e. The van der Waals surface area contributed by atoms with Crippen LogP contribution in [0.5, 0.6) is 0 Å². The zero-order valence-electron chi connectivity index (χ0n) is 5.93. The number of rotatable bonds is 3. The van der Waals surface area contributed by atoms with Crippen molar-refractivity contribution in [2.75, 3.05) is 13.1 Å². The van der Waals surface area contributed by atoms with Crippen molar-refractivity contribution in [3.8, 4) is 0 Å². The van der Waals surface area contributed by atoms with Gasteiger partial charge < -0.3 is 21.4 Å². The molecule has 0 aliphatic rings. The van der Waals surface area contributed by atoms with Gasteiger partial charge in [0.15, 0.2) is 5.25 Å². The number of hydrogen-bond acceptors (Lipinski definition) is 5. The van der Waals surface area contributed by atoms with E-state index in [0.717, 1.165) is 0 Å². The largest absolute Gasteiger partial charge is 0.480 e. The molecule has 5 nitrogen and oxygen atoms in total. The molecule has 0 heterocycles. The van der Waals surface area contributed by atoms with Crippen molar-refractivity contribution in [2.45, 2.75) is 5.25 Å². The number of hydrogen-bond donors (Lipinski definition) is 4. The molecule has 0 spiro atoms. The molecular formula is C5H12N2O3S. The summed E-state index contributed by atoms with van der Waals surface area (Å²) in [7, 11) is 0. The number of carboxylic acid groups (broad SMARTS) is 1. The van der Waals surface area contributed by atoms with Crippen LogP contribution in [0.15, 0.2) is 0 Å². The Morgan fingerprint density at radius 2 is 1.91 bits per heavy atom. The van der Waals surface area contributed by atoms with Gasteiger partial charge in [-0.1, -0.05) is 0 Å². The molecule has 0 saturated heterocycles. The summed E-state index contributed by atoms with van der Waals surface area (Å²) >= 11 is 3.36. The van der Waals surface area contributed by atoms with Gasteiger partial charge in [0.1, 0.15) is 6.29 Å². The molecule has 1 unspecified atom stereocenters. The van der Waals surface area contributed by atoms with E-state index in [1.807, 2.05) is 0 Å². The van der Waals surface area contributed by atoms with E-state index in [-0.39, 0.29) is 6.29 Å². The van der Waals surface area contributed by atoms with Crippen LogP contribution in [0, 0.1) is 0 Å². The second kappa shape index (κ2) is 9.41. The molecule has 66 valence electrons. The molecule has 0 aromatic heterocycles. The number of carbonyl (C=O) groups is 2. The van der Waals surface area contributed by atoms with Gasteiger partial charge in [-0.2, -0.15) is 12.6 Å². The maximum Gasteiger partial charge on any atom is 0.323 e. The highest BCUT2D eigenvalue weighted by atomic mass is 32.1. The number of thiol groups is 1. The van der Waals surface area contributed by atoms with Crippen LogP contribution in [0.2, 0.25) is 0 Å². The average molecular weight is 180 g/mol. The predicted molar refractivity (Wildman–Crippen MR) is 44.6 cm³/mol. The van der Waals surface area contributed by atoms with Crippen LogP contribution in [0.4, 0.5) is 0 Å². The van der Waals surface area contributed by atoms with Gasteiger partial charge in [0.2, 0.25) is 0 Å². The standard InChI is InChI=1S/C3H4O3S.C2H8N2/c4-1-2(7)3(5)6;3-1-2-4/h1-2,7H,(H,5,6);1-4H2. The molecule has 0 bridgehead atoms. The normalized spacial score (nSPS) is 10.8. The molecule has 0 fully saturated rings. The number of nitrogens with two attached hydrogens (primary N) is 2. The van der Waals surface area contributed by atoms with Gasteiger partial charge in [-0.05, 0) is 0 Å². The van der Waals surface area contributed by atoms with Gasteiger partial charge in [-0.15, -0.1) is 0 Å². The summed E-state index contributed by atoms with van der Waals surface area (Å²) in [6, 6.07) is 0. The highest BCUT2D eigenvalue weighted by Crippen LogP contribution is 1.86. The SMILES string of the molecule is NCCN.O=CC(S)C(=O)O. The maximum absolute atomic E-state index is 9.62. The summed E-state index contributed by atoms with van der Waals surface area (Å²) in [6.07, 6.45) is 0.255. The van der Waals surface area contributed by atoms with Gasteiger partial charge in [-0.25, -0.2) is 0 Å². The molecule has 0 radical (unpaired) electrons. The molecule has 11 heavy (non-hydrogen) atoms. The molecule has 0 aliphatic carbocycles. The first kappa shape index (κ1) is 13.0. The van der Waals surface area contributed by atoms with E-state index in [1.165, 1.54) is 0 Å². The Morgan fingerprint density at radius 3 is 1.91 bits per heavy atom. The third-order valence-corrected chi connectivity index (χ3v) is 0.891. The second-order valence-corrected chi connectivity index (χ2v) is 2.05. The number of aliphatic carboxylic acids is 1. The van der Waals surface area contributed by atoms with Crippen molar-refractivity contribution in [1.82, 2.24) is 0 Å². The zero-order valence-corrected chi connectivity index (χ0v) is 6.83. The van der Waals surface area contributed by atoms with Crippen LogP contribution < -0.4 is 11.5 Å². The highest BCUT2D eigenvalue weighted by molar-refractivity contribution is 7.82. The lowest BCUT2D eigenvalue weighted by Gasteiger charge is -1.87. The Hall–Kier alpha value is -0.590. The smallest absolute Gasteiger partial charge is 0.323 e. The topological polar surface area (TPSA) is 106 Å². The van der Waals surface area contributed by atoms with Crippen LogP contribution in [-0.2, 0) is 9.59 Å². The van der Waals surface area contributed by atoms with Crippen LogP contribution >= 0.6 is 12.6 Å². The molecule has 0 saturated carbocycles. The van der Waals surface area contributed by atoms with E-state index >= 15 is 0 Å². The first-order valence-electron chi connectivity index (χ1n) is 2.86. The molecule has 0 aromatic rings. The van der Waals surface area contributed by atoms with E-state index in [4.69, 9.17) is 16.6 Å². The summed E-state index contributed by atoms with van der Waals surface area (Å²) in [6.45, 7) is 1.19. The molecule has 5 N–H and O–H groups in total. The van der Waals surface area contributed by atoms with Crippen LogP contribution in [-0.4, -0.2) is 35.7 Å². The van der Waals surface area contributed by atoms with Crippen molar-refractivity contribution >= 4 is 24.9 Å². The Balaban J connectivity index is 0. The van der Waals surface area contributed by atoms with Crippen molar-refractivity contribution in [2.24, 2.45) is 11.5 Å². The fourth-order valence-corrected chi connectivity index (χ4v) is 0.0582. The van der Waals surface area contributed by atoms with Crippen LogP contribution in [0.3, 0.4) is 0 Å². The third-order valence-electron chi connectivity index (χ3n) is 0.549. The minimum absolute atomic E-state index is 0.255. The van der Waals surface area contributed by atoms with Gasteiger partial charge in [0.05, 0.1) is 0 Å². The van der Waals surface area contributed by atoms with E-state index in [1.54, 1.807) is 0 Å². The number of carbonyl (C=O) groups excluding carboxylic acids is 1.